The Labute approximate surface area is 132 Å². The molecule has 0 aliphatic heterocycles. The molecule has 21 heavy (non-hydrogen) atoms. The van der Waals surface area contributed by atoms with Crippen LogP contribution >= 0.6 is 11.8 Å². The Hall–Kier alpha value is -0.560. The van der Waals surface area contributed by atoms with Crippen LogP contribution in [0.3, 0.4) is 0 Å². The minimum absolute atomic E-state index is 0.133. The Morgan fingerprint density at radius 1 is 1.24 bits per heavy atom. The quantitative estimate of drug-likeness (QED) is 0.769. The third-order valence-corrected chi connectivity index (χ3v) is 6.61. The Balaban J connectivity index is 1.96. The average molecular weight is 329 g/mol. The van der Waals surface area contributed by atoms with E-state index in [4.69, 9.17) is 0 Å². The van der Waals surface area contributed by atoms with Crippen LogP contribution in [-0.2, 0) is 16.6 Å². The molecular formula is C15H24N2O2S2. The van der Waals surface area contributed by atoms with E-state index in [1.165, 1.54) is 0 Å². The van der Waals surface area contributed by atoms with Crippen molar-refractivity contribution in [3.63, 3.8) is 0 Å². The fraction of sp³-hybridized carbons (Fsp3) is 0.600. The van der Waals surface area contributed by atoms with Gasteiger partial charge in [-0.25, -0.2) is 13.1 Å². The average Bonchev–Trinajstić information content (AvgIpc) is 3.24. The summed E-state index contributed by atoms with van der Waals surface area (Å²) >= 11 is 1.75. The Bertz CT molecular complexity index is 564. The minimum atomic E-state index is -3.40. The molecule has 1 aromatic rings. The van der Waals surface area contributed by atoms with Crippen molar-refractivity contribution in [1.29, 1.82) is 0 Å². The smallest absolute Gasteiger partial charge is 0.240 e. The number of thioether (sulfide) groups is 1. The van der Waals surface area contributed by atoms with E-state index in [1.54, 1.807) is 23.9 Å². The maximum atomic E-state index is 12.3. The van der Waals surface area contributed by atoms with E-state index >= 15 is 0 Å². The third-order valence-electron chi connectivity index (χ3n) is 3.77. The number of rotatable bonds is 8. The lowest BCUT2D eigenvalue weighted by Gasteiger charge is -2.14. The number of hydrogen-bond acceptors (Lipinski definition) is 4. The van der Waals surface area contributed by atoms with E-state index in [9.17, 15) is 8.42 Å². The monoisotopic (exact) mass is 328 g/mol. The summed E-state index contributed by atoms with van der Waals surface area (Å²) in [5, 5.41) is 3.31. The van der Waals surface area contributed by atoms with Crippen molar-refractivity contribution in [1.82, 2.24) is 10.0 Å². The van der Waals surface area contributed by atoms with Gasteiger partial charge in [0.2, 0.25) is 10.0 Å². The van der Waals surface area contributed by atoms with Crippen LogP contribution in [0.15, 0.2) is 29.2 Å². The SMILES string of the molecule is CSC1(CNS(=O)(=O)c2ccc(CNC(C)C)cc2)CC1. The summed E-state index contributed by atoms with van der Waals surface area (Å²) < 4.78 is 27.4. The van der Waals surface area contributed by atoms with E-state index in [1.807, 2.05) is 18.4 Å². The zero-order valence-corrected chi connectivity index (χ0v) is 14.5. The van der Waals surface area contributed by atoms with E-state index in [0.717, 1.165) is 24.9 Å². The van der Waals surface area contributed by atoms with E-state index in [2.05, 4.69) is 23.9 Å². The molecule has 1 saturated carbocycles. The molecule has 0 atom stereocenters. The van der Waals surface area contributed by atoms with Crippen molar-refractivity contribution in [2.45, 2.75) is 48.9 Å². The highest BCUT2D eigenvalue weighted by atomic mass is 32.2. The maximum absolute atomic E-state index is 12.3. The molecule has 1 fully saturated rings. The Morgan fingerprint density at radius 2 is 1.86 bits per heavy atom. The summed E-state index contributed by atoms with van der Waals surface area (Å²) in [5.41, 5.74) is 1.09. The van der Waals surface area contributed by atoms with Gasteiger partial charge in [0.05, 0.1) is 4.90 Å². The van der Waals surface area contributed by atoms with Crippen LogP contribution in [0.4, 0.5) is 0 Å². The van der Waals surface area contributed by atoms with Gasteiger partial charge in [-0.1, -0.05) is 26.0 Å². The summed E-state index contributed by atoms with van der Waals surface area (Å²) in [7, 11) is -3.40. The van der Waals surface area contributed by atoms with Crippen molar-refractivity contribution in [2.24, 2.45) is 0 Å². The fourth-order valence-electron chi connectivity index (χ4n) is 2.01. The highest BCUT2D eigenvalue weighted by molar-refractivity contribution is 8.00. The second kappa shape index (κ2) is 6.69. The topological polar surface area (TPSA) is 58.2 Å². The van der Waals surface area contributed by atoms with E-state index in [0.29, 0.717) is 17.5 Å². The van der Waals surface area contributed by atoms with Gasteiger partial charge in [-0.3, -0.25) is 0 Å². The standard InChI is InChI=1S/C15H24N2O2S2/c1-12(2)16-10-13-4-6-14(7-5-13)21(18,19)17-11-15(20-3)8-9-15/h4-7,12,16-17H,8-11H2,1-3H3. The van der Waals surface area contributed by atoms with Gasteiger partial charge in [0.25, 0.3) is 0 Å². The van der Waals surface area contributed by atoms with Crippen LogP contribution in [0.1, 0.15) is 32.3 Å². The molecule has 0 heterocycles. The fourth-order valence-corrected chi connectivity index (χ4v) is 3.96. The van der Waals surface area contributed by atoms with Gasteiger partial charge >= 0.3 is 0 Å². The second-order valence-corrected chi connectivity index (χ2v) is 8.93. The summed E-state index contributed by atoms with van der Waals surface area (Å²) in [6.07, 6.45) is 4.23. The molecule has 1 aliphatic rings. The summed E-state index contributed by atoms with van der Waals surface area (Å²) in [6, 6.07) is 7.50. The summed E-state index contributed by atoms with van der Waals surface area (Å²) in [5.74, 6) is 0. The van der Waals surface area contributed by atoms with Crippen LogP contribution in [0, 0.1) is 0 Å². The Kier molecular flexibility index (Phi) is 5.35. The van der Waals surface area contributed by atoms with Crippen molar-refractivity contribution >= 4 is 21.8 Å². The molecule has 4 nitrogen and oxygen atoms in total. The van der Waals surface area contributed by atoms with Crippen LogP contribution in [0.2, 0.25) is 0 Å². The van der Waals surface area contributed by atoms with Crippen molar-refractivity contribution in [3.8, 4) is 0 Å². The van der Waals surface area contributed by atoms with E-state index < -0.39 is 10.0 Å². The molecule has 0 saturated heterocycles. The first-order valence-electron chi connectivity index (χ1n) is 7.24. The normalized spacial score (nSPS) is 17.1. The predicted octanol–water partition coefficient (Wildman–Crippen LogP) is 2.36. The van der Waals surface area contributed by atoms with E-state index in [-0.39, 0.29) is 4.75 Å². The molecule has 1 aromatic carbocycles. The molecular weight excluding hydrogens is 304 g/mol. The van der Waals surface area contributed by atoms with Crippen molar-refractivity contribution < 1.29 is 8.42 Å². The molecule has 0 spiro atoms. The maximum Gasteiger partial charge on any atom is 0.240 e. The highest BCUT2D eigenvalue weighted by Gasteiger charge is 2.42. The van der Waals surface area contributed by atoms with Gasteiger partial charge < -0.3 is 5.32 Å². The largest absolute Gasteiger partial charge is 0.310 e. The van der Waals surface area contributed by atoms with Crippen LogP contribution in [0.25, 0.3) is 0 Å². The molecule has 0 unspecified atom stereocenters. The minimum Gasteiger partial charge on any atom is -0.310 e. The van der Waals surface area contributed by atoms with Crippen LogP contribution < -0.4 is 10.0 Å². The lowest BCUT2D eigenvalue weighted by Crippen LogP contribution is -2.31. The number of hydrogen-bond donors (Lipinski definition) is 2. The molecule has 0 amide bonds. The first kappa shape index (κ1) is 16.8. The number of nitrogens with one attached hydrogen (secondary N) is 2. The second-order valence-electron chi connectivity index (χ2n) is 5.89. The van der Waals surface area contributed by atoms with Crippen molar-refractivity contribution in [2.75, 3.05) is 12.8 Å². The molecule has 2 N–H and O–H groups in total. The number of benzene rings is 1. The van der Waals surface area contributed by atoms with Gasteiger partial charge in [0.15, 0.2) is 0 Å². The zero-order valence-electron chi connectivity index (χ0n) is 12.8. The summed E-state index contributed by atoms with van der Waals surface area (Å²) in [4.78, 5) is 0.340. The van der Waals surface area contributed by atoms with Crippen molar-refractivity contribution in [3.05, 3.63) is 29.8 Å². The van der Waals surface area contributed by atoms with Gasteiger partial charge in [-0.2, -0.15) is 11.8 Å². The van der Waals surface area contributed by atoms with Gasteiger partial charge in [0, 0.05) is 23.9 Å². The molecule has 0 bridgehead atoms. The lowest BCUT2D eigenvalue weighted by atomic mass is 10.2. The zero-order chi connectivity index (χ0) is 15.5. The molecule has 2 rings (SSSR count). The van der Waals surface area contributed by atoms with Crippen LogP contribution in [-0.4, -0.2) is 32.0 Å². The Morgan fingerprint density at radius 3 is 2.33 bits per heavy atom. The molecule has 1 aliphatic carbocycles. The van der Waals surface area contributed by atoms with Gasteiger partial charge in [-0.15, -0.1) is 0 Å². The predicted molar refractivity (Wildman–Crippen MR) is 89.1 cm³/mol. The first-order valence-corrected chi connectivity index (χ1v) is 9.95. The highest BCUT2D eigenvalue weighted by Crippen LogP contribution is 2.46. The third kappa shape index (κ3) is 4.71. The van der Waals surface area contributed by atoms with Gasteiger partial charge in [0.1, 0.15) is 0 Å². The molecule has 0 radical (unpaired) electrons. The number of sulfonamides is 1. The first-order chi connectivity index (χ1) is 9.87. The molecule has 6 heteroatoms. The lowest BCUT2D eigenvalue weighted by molar-refractivity contribution is 0.578. The summed E-state index contributed by atoms with van der Waals surface area (Å²) in [6.45, 7) is 5.44. The molecule has 0 aromatic heterocycles. The molecule has 118 valence electrons. The van der Waals surface area contributed by atoms with Crippen LogP contribution in [0.5, 0.6) is 0 Å². The van der Waals surface area contributed by atoms with Gasteiger partial charge in [-0.05, 0) is 36.8 Å².